The van der Waals surface area contributed by atoms with Gasteiger partial charge in [0.2, 0.25) is 0 Å². The number of halogens is 6. The number of hydrogen-bond donors (Lipinski definition) is 1. The predicted molar refractivity (Wildman–Crippen MR) is 73.9 cm³/mol. The van der Waals surface area contributed by atoms with E-state index in [9.17, 15) is 17.6 Å². The molecule has 2 aromatic carbocycles. The summed E-state index contributed by atoms with van der Waals surface area (Å²) in [5.74, 6) is -1.37. The fourth-order valence-corrected chi connectivity index (χ4v) is 2.41. The third-order valence-electron chi connectivity index (χ3n) is 2.96. The molecule has 0 aliphatic carbocycles. The van der Waals surface area contributed by atoms with Crippen LogP contribution in [0.2, 0.25) is 10.0 Å². The third kappa shape index (κ3) is 3.48. The summed E-state index contributed by atoms with van der Waals surface area (Å²) in [5, 5.41) is 0.657. The molecule has 0 radical (unpaired) electrons. The van der Waals surface area contributed by atoms with E-state index < -0.39 is 23.6 Å². The molecule has 21 heavy (non-hydrogen) atoms. The second-order valence-electron chi connectivity index (χ2n) is 4.38. The van der Waals surface area contributed by atoms with Gasteiger partial charge in [-0.15, -0.1) is 0 Å². The summed E-state index contributed by atoms with van der Waals surface area (Å²) >= 11 is 11.7. The highest BCUT2D eigenvalue weighted by Crippen LogP contribution is 2.34. The van der Waals surface area contributed by atoms with Crippen LogP contribution in [0.3, 0.4) is 0 Å². The summed E-state index contributed by atoms with van der Waals surface area (Å²) in [6.07, 6.45) is -4.75. The van der Waals surface area contributed by atoms with Crippen molar-refractivity contribution in [1.29, 1.82) is 0 Å². The van der Waals surface area contributed by atoms with Gasteiger partial charge in [-0.1, -0.05) is 35.3 Å². The Kier molecular flexibility index (Phi) is 4.46. The SMILES string of the molecule is NC(c1ccc(C(F)(F)F)c(F)c1)c1ccc(Cl)cc1Cl. The van der Waals surface area contributed by atoms with Crippen molar-refractivity contribution in [2.75, 3.05) is 0 Å². The highest BCUT2D eigenvalue weighted by Gasteiger charge is 2.34. The van der Waals surface area contributed by atoms with Crippen LogP contribution < -0.4 is 5.73 Å². The maximum Gasteiger partial charge on any atom is 0.419 e. The molecule has 2 N–H and O–H groups in total. The van der Waals surface area contributed by atoms with Crippen LogP contribution in [0.4, 0.5) is 17.6 Å². The van der Waals surface area contributed by atoms with Crippen LogP contribution in [0.25, 0.3) is 0 Å². The van der Waals surface area contributed by atoms with Gasteiger partial charge >= 0.3 is 6.18 Å². The Balaban J connectivity index is 2.40. The van der Waals surface area contributed by atoms with Gasteiger partial charge in [0.05, 0.1) is 11.6 Å². The number of hydrogen-bond acceptors (Lipinski definition) is 1. The van der Waals surface area contributed by atoms with E-state index in [0.717, 1.165) is 12.1 Å². The Bertz CT molecular complexity index is 671. The fourth-order valence-electron chi connectivity index (χ4n) is 1.89. The number of benzene rings is 2. The van der Waals surface area contributed by atoms with Crippen molar-refractivity contribution in [3.63, 3.8) is 0 Å². The van der Waals surface area contributed by atoms with Crippen LogP contribution in [-0.4, -0.2) is 0 Å². The minimum absolute atomic E-state index is 0.185. The lowest BCUT2D eigenvalue weighted by molar-refractivity contribution is -0.140. The van der Waals surface area contributed by atoms with E-state index in [4.69, 9.17) is 28.9 Å². The minimum atomic E-state index is -4.75. The highest BCUT2D eigenvalue weighted by molar-refractivity contribution is 6.35. The van der Waals surface area contributed by atoms with Gasteiger partial charge in [-0.2, -0.15) is 13.2 Å². The van der Waals surface area contributed by atoms with E-state index in [1.165, 1.54) is 6.07 Å². The molecule has 2 rings (SSSR count). The van der Waals surface area contributed by atoms with Crippen LogP contribution in [0, 0.1) is 5.82 Å². The average Bonchev–Trinajstić information content (AvgIpc) is 2.36. The van der Waals surface area contributed by atoms with Crippen LogP contribution in [0.1, 0.15) is 22.7 Å². The van der Waals surface area contributed by atoms with Crippen molar-refractivity contribution in [3.8, 4) is 0 Å². The molecule has 0 spiro atoms. The zero-order valence-electron chi connectivity index (χ0n) is 10.4. The monoisotopic (exact) mass is 337 g/mol. The molecular formula is C14H9Cl2F4N. The van der Waals surface area contributed by atoms with Gasteiger partial charge in [-0.05, 0) is 35.4 Å². The lowest BCUT2D eigenvalue weighted by Gasteiger charge is -2.16. The van der Waals surface area contributed by atoms with E-state index in [1.54, 1.807) is 12.1 Å². The van der Waals surface area contributed by atoms with Gasteiger partial charge in [0.15, 0.2) is 0 Å². The molecule has 0 bridgehead atoms. The topological polar surface area (TPSA) is 26.0 Å². The van der Waals surface area contributed by atoms with Gasteiger partial charge in [-0.25, -0.2) is 4.39 Å². The lowest BCUT2D eigenvalue weighted by Crippen LogP contribution is -2.14. The summed E-state index contributed by atoms with van der Waals surface area (Å²) in [7, 11) is 0. The summed E-state index contributed by atoms with van der Waals surface area (Å²) in [4.78, 5) is 0. The maximum atomic E-state index is 13.6. The van der Waals surface area contributed by atoms with Crippen LogP contribution in [0.5, 0.6) is 0 Å². The molecule has 1 nitrogen and oxygen atoms in total. The van der Waals surface area contributed by atoms with Crippen molar-refractivity contribution in [3.05, 3.63) is 69.0 Å². The Morgan fingerprint density at radius 3 is 2.19 bits per heavy atom. The van der Waals surface area contributed by atoms with Crippen molar-refractivity contribution in [2.45, 2.75) is 12.2 Å². The Morgan fingerprint density at radius 1 is 1.00 bits per heavy atom. The largest absolute Gasteiger partial charge is 0.419 e. The number of alkyl halides is 3. The molecule has 0 heterocycles. The summed E-state index contributed by atoms with van der Waals surface area (Å²) < 4.78 is 51.1. The highest BCUT2D eigenvalue weighted by atomic mass is 35.5. The molecule has 0 amide bonds. The predicted octanol–water partition coefficient (Wildman–Crippen LogP) is 5.20. The van der Waals surface area contributed by atoms with Crippen LogP contribution in [0.15, 0.2) is 36.4 Å². The molecular weight excluding hydrogens is 329 g/mol. The van der Waals surface area contributed by atoms with E-state index >= 15 is 0 Å². The van der Waals surface area contributed by atoms with Crippen molar-refractivity contribution < 1.29 is 17.6 Å². The Morgan fingerprint density at radius 2 is 1.67 bits per heavy atom. The van der Waals surface area contributed by atoms with Crippen LogP contribution in [-0.2, 0) is 6.18 Å². The molecule has 1 atom stereocenters. The van der Waals surface area contributed by atoms with E-state index in [0.29, 0.717) is 16.7 Å². The first kappa shape index (κ1) is 16.1. The first-order valence-corrected chi connectivity index (χ1v) is 6.53. The minimum Gasteiger partial charge on any atom is -0.320 e. The van der Waals surface area contributed by atoms with E-state index in [-0.39, 0.29) is 10.6 Å². The normalized spacial score (nSPS) is 13.3. The second kappa shape index (κ2) is 5.83. The second-order valence-corrected chi connectivity index (χ2v) is 5.22. The Labute approximate surface area is 128 Å². The van der Waals surface area contributed by atoms with Crippen LogP contribution >= 0.6 is 23.2 Å². The van der Waals surface area contributed by atoms with Crippen molar-refractivity contribution in [1.82, 2.24) is 0 Å². The van der Waals surface area contributed by atoms with Gasteiger partial charge in [0.1, 0.15) is 5.82 Å². The zero-order valence-corrected chi connectivity index (χ0v) is 11.9. The summed E-state index contributed by atoms with van der Waals surface area (Å²) in [5.41, 5.74) is 5.22. The van der Waals surface area contributed by atoms with Crippen molar-refractivity contribution >= 4 is 23.2 Å². The van der Waals surface area contributed by atoms with Gasteiger partial charge in [-0.3, -0.25) is 0 Å². The smallest absolute Gasteiger partial charge is 0.320 e. The molecule has 112 valence electrons. The maximum absolute atomic E-state index is 13.6. The number of nitrogens with two attached hydrogens (primary N) is 1. The first-order valence-electron chi connectivity index (χ1n) is 5.77. The summed E-state index contributed by atoms with van der Waals surface area (Å²) in [6, 6.07) is 6.24. The van der Waals surface area contributed by atoms with Gasteiger partial charge in [0, 0.05) is 10.0 Å². The quantitative estimate of drug-likeness (QED) is 0.749. The molecule has 0 saturated carbocycles. The molecule has 0 aliphatic rings. The van der Waals surface area contributed by atoms with Crippen molar-refractivity contribution in [2.24, 2.45) is 5.73 Å². The standard InChI is InChI=1S/C14H9Cl2F4N/c15-8-2-3-9(11(16)6-8)13(21)7-1-4-10(12(17)5-7)14(18,19)20/h1-6,13H,21H2. The van der Waals surface area contributed by atoms with E-state index in [1.807, 2.05) is 0 Å². The molecule has 0 fully saturated rings. The Hall–Kier alpha value is -1.30. The zero-order chi connectivity index (χ0) is 15.8. The molecule has 7 heteroatoms. The molecule has 0 saturated heterocycles. The third-order valence-corrected chi connectivity index (χ3v) is 3.52. The average molecular weight is 338 g/mol. The molecule has 1 unspecified atom stereocenters. The number of rotatable bonds is 2. The van der Waals surface area contributed by atoms with Gasteiger partial charge in [0.25, 0.3) is 0 Å². The van der Waals surface area contributed by atoms with E-state index in [2.05, 4.69) is 0 Å². The molecule has 0 aliphatic heterocycles. The molecule has 2 aromatic rings. The summed E-state index contributed by atoms with van der Waals surface area (Å²) in [6.45, 7) is 0. The van der Waals surface area contributed by atoms with Gasteiger partial charge < -0.3 is 5.73 Å². The lowest BCUT2D eigenvalue weighted by atomic mass is 9.98. The fraction of sp³-hybridized carbons (Fsp3) is 0.143. The first-order chi connectivity index (χ1) is 9.70. The molecule has 0 aromatic heterocycles.